The van der Waals surface area contributed by atoms with Crippen LogP contribution in [0.15, 0.2) is 30.3 Å². The molecule has 140 valence electrons. The topological polar surface area (TPSA) is 99.2 Å². The van der Waals surface area contributed by atoms with E-state index in [1.165, 1.54) is 0 Å². The summed E-state index contributed by atoms with van der Waals surface area (Å²) in [5.41, 5.74) is 0.751. The zero-order valence-electron chi connectivity index (χ0n) is 14.7. The van der Waals surface area contributed by atoms with Crippen molar-refractivity contribution in [3.63, 3.8) is 0 Å². The fourth-order valence-corrected chi connectivity index (χ4v) is 2.68. The van der Waals surface area contributed by atoms with Crippen molar-refractivity contribution >= 4 is 23.8 Å². The zero-order valence-corrected chi connectivity index (χ0v) is 14.7. The second-order valence-corrected chi connectivity index (χ2v) is 5.56. The molecule has 0 radical (unpaired) electrons. The molecule has 0 saturated carbocycles. The van der Waals surface area contributed by atoms with Gasteiger partial charge in [-0.15, -0.1) is 0 Å². The van der Waals surface area contributed by atoms with Gasteiger partial charge in [0.2, 0.25) is 0 Å². The number of ether oxygens (including phenoxy) is 3. The molecule has 1 aliphatic rings. The molecule has 1 aliphatic heterocycles. The van der Waals surface area contributed by atoms with Crippen LogP contribution in [0, 0.1) is 5.92 Å². The van der Waals surface area contributed by atoms with E-state index in [1.807, 2.05) is 6.07 Å². The molecule has 1 fully saturated rings. The normalized spacial score (nSPS) is 19.2. The highest BCUT2D eigenvalue weighted by Crippen LogP contribution is 2.25. The summed E-state index contributed by atoms with van der Waals surface area (Å²) >= 11 is 0. The highest BCUT2D eigenvalue weighted by Gasteiger charge is 2.53. The maximum absolute atomic E-state index is 12.4. The van der Waals surface area contributed by atoms with Gasteiger partial charge >= 0.3 is 18.0 Å². The summed E-state index contributed by atoms with van der Waals surface area (Å²) in [6, 6.07) is 7.57. The van der Waals surface area contributed by atoms with Gasteiger partial charge in [-0.2, -0.15) is 0 Å². The Morgan fingerprint density at radius 3 is 2.23 bits per heavy atom. The molecule has 0 bridgehead atoms. The molecule has 1 amide bonds. The monoisotopic (exact) mass is 363 g/mol. The fourth-order valence-electron chi connectivity index (χ4n) is 2.68. The number of nitrogens with zero attached hydrogens (tertiary/aromatic N) is 1. The Balaban J connectivity index is 2.16. The Hall–Kier alpha value is -2.90. The Morgan fingerprint density at radius 2 is 1.62 bits per heavy atom. The first-order valence-corrected chi connectivity index (χ1v) is 8.32. The molecule has 1 aromatic carbocycles. The van der Waals surface area contributed by atoms with Crippen molar-refractivity contribution in [3.8, 4) is 0 Å². The van der Waals surface area contributed by atoms with E-state index in [-0.39, 0.29) is 19.8 Å². The van der Waals surface area contributed by atoms with Crippen LogP contribution in [0.4, 0.5) is 4.79 Å². The van der Waals surface area contributed by atoms with Gasteiger partial charge in [-0.1, -0.05) is 30.3 Å². The van der Waals surface area contributed by atoms with Gasteiger partial charge in [0.15, 0.2) is 11.8 Å². The van der Waals surface area contributed by atoms with E-state index < -0.39 is 42.3 Å². The third-order valence-corrected chi connectivity index (χ3v) is 3.83. The molecular weight excluding hydrogens is 342 g/mol. The first-order valence-electron chi connectivity index (χ1n) is 8.32. The van der Waals surface area contributed by atoms with Crippen molar-refractivity contribution < 1.29 is 33.4 Å². The number of ketones is 1. The smallest absolute Gasteiger partial charge is 0.411 e. The number of hydrogen-bond acceptors (Lipinski definition) is 7. The zero-order chi connectivity index (χ0) is 19.1. The summed E-state index contributed by atoms with van der Waals surface area (Å²) in [4.78, 5) is 49.9. The molecule has 0 aliphatic carbocycles. The van der Waals surface area contributed by atoms with E-state index >= 15 is 0 Å². The van der Waals surface area contributed by atoms with Crippen LogP contribution >= 0.6 is 0 Å². The maximum Gasteiger partial charge on any atom is 0.411 e. The van der Waals surface area contributed by atoms with Crippen LogP contribution in [0.1, 0.15) is 19.4 Å². The number of rotatable bonds is 6. The lowest BCUT2D eigenvalue weighted by Crippen LogP contribution is -2.46. The van der Waals surface area contributed by atoms with Gasteiger partial charge in [-0.05, 0) is 19.4 Å². The Bertz CT molecular complexity index is 673. The van der Waals surface area contributed by atoms with E-state index in [0.717, 1.165) is 10.5 Å². The molecule has 8 heteroatoms. The molecular formula is C18H21NO7. The number of esters is 2. The molecule has 1 heterocycles. The lowest BCUT2D eigenvalue weighted by Gasteiger charge is -2.24. The minimum Gasteiger partial charge on any atom is -0.465 e. The van der Waals surface area contributed by atoms with Crippen LogP contribution in [0.25, 0.3) is 0 Å². The molecule has 0 spiro atoms. The van der Waals surface area contributed by atoms with Crippen molar-refractivity contribution in [2.24, 2.45) is 5.92 Å². The van der Waals surface area contributed by atoms with E-state index in [9.17, 15) is 19.2 Å². The molecule has 1 aromatic rings. The number of likely N-dealkylation sites (tertiary alicyclic amines) is 1. The van der Waals surface area contributed by atoms with Gasteiger partial charge in [0.05, 0.1) is 19.8 Å². The predicted molar refractivity (Wildman–Crippen MR) is 88.9 cm³/mol. The lowest BCUT2D eigenvalue weighted by molar-refractivity contribution is -0.159. The van der Waals surface area contributed by atoms with E-state index in [1.54, 1.807) is 38.1 Å². The van der Waals surface area contributed by atoms with Crippen molar-refractivity contribution in [1.29, 1.82) is 0 Å². The lowest BCUT2D eigenvalue weighted by atomic mass is 9.99. The second kappa shape index (κ2) is 8.98. The van der Waals surface area contributed by atoms with Crippen LogP contribution in [0.5, 0.6) is 0 Å². The molecule has 2 atom stereocenters. The number of benzene rings is 1. The van der Waals surface area contributed by atoms with Gasteiger partial charge in [0.1, 0.15) is 12.5 Å². The fraction of sp³-hybridized carbons (Fsp3) is 0.444. The first-order chi connectivity index (χ1) is 12.5. The summed E-state index contributed by atoms with van der Waals surface area (Å²) in [7, 11) is 0. The number of amides is 1. The number of Topliss-reactive ketones (excluding diaryl/α,β-unsaturated/α-hetero) is 1. The molecule has 1 saturated heterocycles. The second-order valence-electron chi connectivity index (χ2n) is 5.56. The largest absolute Gasteiger partial charge is 0.465 e. The molecule has 8 nitrogen and oxygen atoms in total. The summed E-state index contributed by atoms with van der Waals surface area (Å²) in [6.07, 6.45) is -0.868. The molecule has 2 rings (SSSR count). The average molecular weight is 363 g/mol. The maximum atomic E-state index is 12.4. The highest BCUT2D eigenvalue weighted by molar-refractivity contribution is 6.09. The quantitative estimate of drug-likeness (QED) is 0.427. The predicted octanol–water partition coefficient (Wildman–Crippen LogP) is 1.32. The van der Waals surface area contributed by atoms with Crippen LogP contribution < -0.4 is 0 Å². The van der Waals surface area contributed by atoms with E-state index in [4.69, 9.17) is 14.2 Å². The highest BCUT2D eigenvalue weighted by atomic mass is 16.6. The molecule has 0 aromatic heterocycles. The summed E-state index contributed by atoms with van der Waals surface area (Å²) in [5.74, 6) is -3.68. The van der Waals surface area contributed by atoms with Gasteiger partial charge in [-0.3, -0.25) is 14.5 Å². The minimum absolute atomic E-state index is 0.0238. The van der Waals surface area contributed by atoms with Gasteiger partial charge in [0.25, 0.3) is 0 Å². The van der Waals surface area contributed by atoms with Gasteiger partial charge < -0.3 is 14.2 Å². The minimum atomic E-state index is -1.40. The summed E-state index contributed by atoms with van der Waals surface area (Å²) in [5, 5.41) is 0. The van der Waals surface area contributed by atoms with E-state index in [0.29, 0.717) is 0 Å². The van der Waals surface area contributed by atoms with Crippen molar-refractivity contribution in [2.75, 3.05) is 19.8 Å². The van der Waals surface area contributed by atoms with E-state index in [2.05, 4.69) is 0 Å². The molecule has 0 N–H and O–H groups in total. The third-order valence-electron chi connectivity index (χ3n) is 3.83. The molecule has 26 heavy (non-hydrogen) atoms. The van der Waals surface area contributed by atoms with Crippen LogP contribution in [-0.2, 0) is 35.2 Å². The number of carbonyl (C=O) groups is 4. The van der Waals surface area contributed by atoms with Crippen molar-refractivity contribution in [2.45, 2.75) is 26.5 Å². The summed E-state index contributed by atoms with van der Waals surface area (Å²) in [6.45, 7) is 2.84. The van der Waals surface area contributed by atoms with Crippen LogP contribution in [0.2, 0.25) is 0 Å². The number of carbonyl (C=O) groups excluding carboxylic acids is 4. The third kappa shape index (κ3) is 4.38. The summed E-state index contributed by atoms with van der Waals surface area (Å²) < 4.78 is 15.0. The first kappa shape index (κ1) is 19.4. The van der Waals surface area contributed by atoms with Crippen molar-refractivity contribution in [3.05, 3.63) is 35.9 Å². The average Bonchev–Trinajstić information content (AvgIpc) is 2.98. The Morgan fingerprint density at radius 1 is 1.00 bits per heavy atom. The standard InChI is InChI=1S/C18H21NO7/c1-3-24-16(21)14-13(20)10-19(15(14)17(22)25-4-2)18(23)26-11-12-8-6-5-7-9-12/h5-9,14-15H,3-4,10-11H2,1-2H3. The van der Waals surface area contributed by atoms with Crippen LogP contribution in [0.3, 0.4) is 0 Å². The SMILES string of the molecule is CCOC(=O)C1C(=O)CN(C(=O)OCc2ccccc2)C1C(=O)OCC. The Kier molecular flexibility index (Phi) is 6.71. The van der Waals surface area contributed by atoms with Crippen molar-refractivity contribution in [1.82, 2.24) is 4.90 Å². The Labute approximate surface area is 151 Å². The van der Waals surface area contributed by atoms with Crippen LogP contribution in [-0.4, -0.2) is 54.5 Å². The molecule has 2 unspecified atom stereocenters. The van der Waals surface area contributed by atoms with Gasteiger partial charge in [-0.25, -0.2) is 9.59 Å². The van der Waals surface area contributed by atoms with Gasteiger partial charge in [0, 0.05) is 0 Å². The number of hydrogen-bond donors (Lipinski definition) is 0.